The van der Waals surface area contributed by atoms with Gasteiger partial charge >= 0.3 is 0 Å². The van der Waals surface area contributed by atoms with Gasteiger partial charge in [0.05, 0.1) is 47.6 Å². The van der Waals surface area contributed by atoms with Crippen molar-refractivity contribution in [1.29, 1.82) is 0 Å². The van der Waals surface area contributed by atoms with Gasteiger partial charge in [-0.15, -0.1) is 0 Å². The van der Waals surface area contributed by atoms with Gasteiger partial charge in [0, 0.05) is 18.7 Å². The second-order valence-corrected chi connectivity index (χ2v) is 12.8. The highest BCUT2D eigenvalue weighted by Gasteiger charge is 2.32. The van der Waals surface area contributed by atoms with Crippen LogP contribution in [0.5, 0.6) is 11.5 Å². The first-order valence-electron chi connectivity index (χ1n) is 12.4. The van der Waals surface area contributed by atoms with E-state index in [1.54, 1.807) is 38.1 Å². The van der Waals surface area contributed by atoms with Gasteiger partial charge < -0.3 is 19.5 Å². The van der Waals surface area contributed by atoms with Gasteiger partial charge in [-0.1, -0.05) is 18.2 Å². The Bertz CT molecular complexity index is 1600. The highest BCUT2D eigenvalue weighted by molar-refractivity contribution is 7.92. The van der Waals surface area contributed by atoms with Gasteiger partial charge in [0.25, 0.3) is 15.9 Å². The first-order chi connectivity index (χ1) is 18.9. The molecule has 1 amide bonds. The highest BCUT2D eigenvalue weighted by Crippen LogP contribution is 2.31. The van der Waals surface area contributed by atoms with E-state index in [4.69, 9.17) is 14.2 Å². The molecule has 11 nitrogen and oxygen atoms in total. The molecule has 1 fully saturated rings. The number of nitrogens with one attached hydrogen (secondary N) is 2. The van der Waals surface area contributed by atoms with Crippen LogP contribution in [0, 0.1) is 0 Å². The average molecular weight is 590 g/mol. The zero-order valence-electron chi connectivity index (χ0n) is 22.4. The quantitative estimate of drug-likeness (QED) is 0.386. The van der Waals surface area contributed by atoms with Crippen LogP contribution in [0.4, 0.5) is 11.4 Å². The minimum atomic E-state index is -4.07. The molecule has 0 aromatic heterocycles. The van der Waals surface area contributed by atoms with Gasteiger partial charge in [0.15, 0.2) is 0 Å². The fourth-order valence-electron chi connectivity index (χ4n) is 4.35. The zero-order valence-corrected chi connectivity index (χ0v) is 24.1. The van der Waals surface area contributed by atoms with Crippen molar-refractivity contribution in [3.8, 4) is 11.5 Å². The van der Waals surface area contributed by atoms with Gasteiger partial charge in [0.2, 0.25) is 10.0 Å². The van der Waals surface area contributed by atoms with Crippen molar-refractivity contribution in [2.45, 2.75) is 35.8 Å². The maximum Gasteiger partial charge on any atom is 0.262 e. The number of nitrogens with zero attached hydrogens (tertiary/aromatic N) is 1. The minimum Gasteiger partial charge on any atom is -0.495 e. The fourth-order valence-corrected chi connectivity index (χ4v) is 7.09. The molecule has 4 rings (SSSR count). The largest absolute Gasteiger partial charge is 0.495 e. The van der Waals surface area contributed by atoms with Crippen LogP contribution in [0.2, 0.25) is 0 Å². The molecule has 0 aliphatic carbocycles. The van der Waals surface area contributed by atoms with E-state index >= 15 is 0 Å². The van der Waals surface area contributed by atoms with E-state index in [0.29, 0.717) is 5.75 Å². The number of sulfonamides is 2. The molecular formula is C27H31N3O8S2. The van der Waals surface area contributed by atoms with Crippen molar-refractivity contribution in [2.75, 3.05) is 37.3 Å². The Hall–Kier alpha value is -3.65. The SMILES string of the molecule is COc1ccc(S(=O)(=O)Nc2ccccc2OC)cc1NC(=O)c1cccc(S(=O)(=O)N2C[C@@H](C)O[C@@H](C)C2)c1. The van der Waals surface area contributed by atoms with Crippen molar-refractivity contribution in [3.63, 3.8) is 0 Å². The summed E-state index contributed by atoms with van der Waals surface area (Å²) in [5.74, 6) is -0.0973. The van der Waals surface area contributed by atoms with Gasteiger partial charge in [-0.05, 0) is 62.4 Å². The van der Waals surface area contributed by atoms with Crippen molar-refractivity contribution < 1.29 is 35.8 Å². The van der Waals surface area contributed by atoms with E-state index in [0.717, 1.165) is 0 Å². The Labute approximate surface area is 234 Å². The summed E-state index contributed by atoms with van der Waals surface area (Å²) >= 11 is 0. The molecule has 0 saturated carbocycles. The maximum atomic E-state index is 13.3. The number of hydrogen-bond donors (Lipinski definition) is 2. The van der Waals surface area contributed by atoms with E-state index < -0.39 is 26.0 Å². The van der Waals surface area contributed by atoms with E-state index in [2.05, 4.69) is 10.0 Å². The first kappa shape index (κ1) is 29.3. The summed E-state index contributed by atoms with van der Waals surface area (Å²) in [6.45, 7) is 4.00. The zero-order chi connectivity index (χ0) is 29.1. The lowest BCUT2D eigenvalue weighted by atomic mass is 10.2. The predicted molar refractivity (Wildman–Crippen MR) is 150 cm³/mol. The first-order valence-corrected chi connectivity index (χ1v) is 15.3. The molecule has 0 spiro atoms. The Morgan fingerprint density at radius 1 is 0.825 bits per heavy atom. The van der Waals surface area contributed by atoms with Gasteiger partial charge in [0.1, 0.15) is 11.5 Å². The third-order valence-electron chi connectivity index (χ3n) is 6.20. The maximum absolute atomic E-state index is 13.3. The molecule has 0 bridgehead atoms. The number of ether oxygens (including phenoxy) is 3. The summed E-state index contributed by atoms with van der Waals surface area (Å²) < 4.78 is 72.8. The number of rotatable bonds is 9. The van der Waals surface area contributed by atoms with Gasteiger partial charge in [-0.3, -0.25) is 9.52 Å². The number of methoxy groups -OCH3 is 2. The number of hydrogen-bond acceptors (Lipinski definition) is 8. The Morgan fingerprint density at radius 3 is 2.15 bits per heavy atom. The van der Waals surface area contributed by atoms with Gasteiger partial charge in [-0.25, -0.2) is 16.8 Å². The van der Waals surface area contributed by atoms with Crippen LogP contribution in [0.1, 0.15) is 24.2 Å². The van der Waals surface area contributed by atoms with Crippen molar-refractivity contribution in [2.24, 2.45) is 0 Å². The smallest absolute Gasteiger partial charge is 0.262 e. The monoisotopic (exact) mass is 589 g/mol. The summed E-state index contributed by atoms with van der Waals surface area (Å²) in [6, 6.07) is 16.2. The van der Waals surface area contributed by atoms with Crippen molar-refractivity contribution in [1.82, 2.24) is 4.31 Å². The van der Waals surface area contributed by atoms with Gasteiger partial charge in [-0.2, -0.15) is 4.31 Å². The van der Waals surface area contributed by atoms with Crippen LogP contribution in [0.3, 0.4) is 0 Å². The molecular weight excluding hydrogens is 558 g/mol. The summed E-state index contributed by atoms with van der Waals surface area (Å²) in [5.41, 5.74) is 0.394. The second kappa shape index (κ2) is 11.8. The van der Waals surface area contributed by atoms with Crippen molar-refractivity contribution in [3.05, 3.63) is 72.3 Å². The predicted octanol–water partition coefficient (Wildman–Crippen LogP) is 3.55. The molecule has 40 heavy (non-hydrogen) atoms. The molecule has 214 valence electrons. The molecule has 0 radical (unpaired) electrons. The fraction of sp³-hybridized carbons (Fsp3) is 0.296. The summed E-state index contributed by atoms with van der Waals surface area (Å²) in [7, 11) is -5.15. The molecule has 1 aliphatic rings. The second-order valence-electron chi connectivity index (χ2n) is 9.23. The number of benzene rings is 3. The number of amides is 1. The minimum absolute atomic E-state index is 0.0363. The number of carbonyl (C=O) groups is 1. The Kier molecular flexibility index (Phi) is 8.68. The van der Waals surface area contributed by atoms with Crippen LogP contribution in [-0.2, 0) is 24.8 Å². The molecule has 3 aromatic rings. The van der Waals surface area contributed by atoms with E-state index in [-0.39, 0.29) is 57.8 Å². The standard InChI is InChI=1S/C27H31N3O8S2/c1-18-16-30(17-19(2)38-18)40(34,35)22-9-7-8-20(14-22)27(31)28-24-15-21(12-13-26(24)37-4)39(32,33)29-23-10-5-6-11-25(23)36-3/h5-15,18-19,29H,16-17H2,1-4H3,(H,28,31)/t18-,19+. The summed E-state index contributed by atoms with van der Waals surface area (Å²) in [6.07, 6.45) is -0.531. The number of anilines is 2. The number of carbonyl (C=O) groups excluding carboxylic acids is 1. The molecule has 2 N–H and O–H groups in total. The lowest BCUT2D eigenvalue weighted by Gasteiger charge is -2.34. The van der Waals surface area contributed by atoms with E-state index in [1.807, 2.05) is 0 Å². The molecule has 1 aliphatic heterocycles. The van der Waals surface area contributed by atoms with Crippen LogP contribution in [0.15, 0.2) is 76.5 Å². The van der Waals surface area contributed by atoms with Crippen LogP contribution in [0.25, 0.3) is 0 Å². The summed E-state index contributed by atoms with van der Waals surface area (Å²) in [5, 5.41) is 2.64. The van der Waals surface area contributed by atoms with E-state index in [1.165, 1.54) is 61.0 Å². The van der Waals surface area contributed by atoms with Crippen molar-refractivity contribution >= 4 is 37.3 Å². The molecule has 1 saturated heterocycles. The third kappa shape index (κ3) is 6.39. The van der Waals surface area contributed by atoms with E-state index in [9.17, 15) is 21.6 Å². The number of para-hydroxylation sites is 2. The molecule has 2 atom stereocenters. The lowest BCUT2D eigenvalue weighted by Crippen LogP contribution is -2.48. The Morgan fingerprint density at radius 2 is 1.48 bits per heavy atom. The topological polar surface area (TPSA) is 140 Å². The third-order valence-corrected chi connectivity index (χ3v) is 9.39. The average Bonchev–Trinajstić information content (AvgIpc) is 2.92. The molecule has 3 aromatic carbocycles. The molecule has 1 heterocycles. The summed E-state index contributed by atoms with van der Waals surface area (Å²) in [4.78, 5) is 13.0. The van der Waals surface area contributed by atoms with Crippen LogP contribution < -0.4 is 19.5 Å². The normalized spacial score (nSPS) is 18.1. The molecule has 0 unspecified atom stereocenters. The number of morpholine rings is 1. The Balaban J connectivity index is 1.59. The highest BCUT2D eigenvalue weighted by atomic mass is 32.2. The molecule has 13 heteroatoms. The van der Waals surface area contributed by atoms with Crippen LogP contribution in [-0.4, -0.2) is 66.6 Å². The van der Waals surface area contributed by atoms with Crippen LogP contribution >= 0.6 is 0 Å². The lowest BCUT2D eigenvalue weighted by molar-refractivity contribution is -0.0440.